The fraction of sp³-hybridized carbons (Fsp3) is 0.308. The van der Waals surface area contributed by atoms with E-state index in [-0.39, 0.29) is 0 Å². The van der Waals surface area contributed by atoms with Crippen LogP contribution >= 0.6 is 0 Å². The van der Waals surface area contributed by atoms with Gasteiger partial charge in [0.1, 0.15) is 0 Å². The second-order valence-electron chi connectivity index (χ2n) is 4.31. The lowest BCUT2D eigenvalue weighted by Crippen LogP contribution is -1.99. The Hall–Kier alpha value is -1.77. The number of rotatable bonds is 1. The molecule has 2 N–H and O–H groups in total. The molecule has 0 bridgehead atoms. The number of nitrogen functional groups attached to an aromatic ring is 1. The molecule has 0 aliphatic carbocycles. The van der Waals surface area contributed by atoms with Gasteiger partial charge in [-0.2, -0.15) is 0 Å². The van der Waals surface area contributed by atoms with E-state index in [1.165, 1.54) is 22.3 Å². The van der Waals surface area contributed by atoms with Gasteiger partial charge in [0.15, 0.2) is 5.95 Å². The maximum Gasteiger partial charge on any atom is 0.200 e. The van der Waals surface area contributed by atoms with Crippen LogP contribution in [-0.4, -0.2) is 9.55 Å². The van der Waals surface area contributed by atoms with Gasteiger partial charge in [0, 0.05) is 12.6 Å². The lowest BCUT2D eigenvalue weighted by Gasteiger charge is -2.10. The van der Waals surface area contributed by atoms with Crippen molar-refractivity contribution < 1.29 is 0 Å². The lowest BCUT2D eigenvalue weighted by molar-refractivity contribution is 0.936. The number of anilines is 1. The van der Waals surface area contributed by atoms with Crippen molar-refractivity contribution in [3.8, 4) is 11.3 Å². The highest BCUT2D eigenvalue weighted by atomic mass is 15.1. The van der Waals surface area contributed by atoms with Crippen LogP contribution in [0.1, 0.15) is 16.7 Å². The average Bonchev–Trinajstić information content (AvgIpc) is 2.54. The van der Waals surface area contributed by atoms with Crippen LogP contribution < -0.4 is 5.73 Å². The first-order valence-electron chi connectivity index (χ1n) is 5.36. The number of aryl methyl sites for hydroxylation is 3. The number of aromatic nitrogens is 2. The molecule has 84 valence electrons. The Kier molecular flexibility index (Phi) is 2.46. The fourth-order valence-electron chi connectivity index (χ4n) is 1.91. The zero-order valence-corrected chi connectivity index (χ0v) is 10.2. The van der Waals surface area contributed by atoms with Gasteiger partial charge in [0.05, 0.1) is 11.9 Å². The molecule has 0 radical (unpaired) electrons. The van der Waals surface area contributed by atoms with Gasteiger partial charge in [-0.15, -0.1) is 0 Å². The van der Waals surface area contributed by atoms with Gasteiger partial charge in [-0.3, -0.25) is 0 Å². The van der Waals surface area contributed by atoms with E-state index in [2.05, 4.69) is 37.9 Å². The summed E-state index contributed by atoms with van der Waals surface area (Å²) in [4.78, 5) is 4.13. The van der Waals surface area contributed by atoms with Gasteiger partial charge >= 0.3 is 0 Å². The van der Waals surface area contributed by atoms with Gasteiger partial charge in [-0.05, 0) is 43.5 Å². The van der Waals surface area contributed by atoms with Gasteiger partial charge in [-0.25, -0.2) is 4.98 Å². The highest BCUT2D eigenvalue weighted by Crippen LogP contribution is 2.27. The normalized spacial score (nSPS) is 10.8. The molecule has 0 aliphatic heterocycles. The number of nitrogens with two attached hydrogens (primary N) is 1. The third-order valence-electron chi connectivity index (χ3n) is 3.14. The minimum Gasteiger partial charge on any atom is -0.369 e. The second kappa shape index (κ2) is 3.67. The van der Waals surface area contributed by atoms with E-state index in [4.69, 9.17) is 5.73 Å². The van der Waals surface area contributed by atoms with E-state index in [9.17, 15) is 0 Å². The van der Waals surface area contributed by atoms with E-state index >= 15 is 0 Å². The molecule has 0 saturated heterocycles. The summed E-state index contributed by atoms with van der Waals surface area (Å²) in [7, 11) is 1.94. The van der Waals surface area contributed by atoms with Crippen molar-refractivity contribution in [3.63, 3.8) is 0 Å². The van der Waals surface area contributed by atoms with E-state index in [1.807, 2.05) is 17.8 Å². The topological polar surface area (TPSA) is 43.8 Å². The van der Waals surface area contributed by atoms with Crippen LogP contribution in [0.5, 0.6) is 0 Å². The maximum absolute atomic E-state index is 5.75. The predicted molar refractivity (Wildman–Crippen MR) is 67.3 cm³/mol. The zero-order valence-electron chi connectivity index (χ0n) is 10.2. The first-order chi connectivity index (χ1) is 7.50. The molecule has 0 amide bonds. The van der Waals surface area contributed by atoms with Crippen molar-refractivity contribution in [3.05, 3.63) is 35.0 Å². The Bertz CT molecular complexity index is 538. The third kappa shape index (κ3) is 1.58. The number of imidazole rings is 1. The molecule has 1 aromatic carbocycles. The number of nitrogens with zero attached hydrogens (tertiary/aromatic N) is 2. The minimum absolute atomic E-state index is 0.549. The smallest absolute Gasteiger partial charge is 0.200 e. The van der Waals surface area contributed by atoms with Gasteiger partial charge in [-0.1, -0.05) is 6.07 Å². The first-order valence-corrected chi connectivity index (χ1v) is 5.36. The summed E-state index contributed by atoms with van der Waals surface area (Å²) in [6.07, 6.45) is 1.83. The predicted octanol–water partition coefficient (Wildman–Crippen LogP) is 2.59. The van der Waals surface area contributed by atoms with Crippen LogP contribution in [0.3, 0.4) is 0 Å². The standard InChI is InChI=1S/C13H17N3/c1-8-5-10(3)11(6-9(8)2)12-7-15-13(14)16(12)4/h5-7H,1-4H3,(H2,14,15). The molecule has 1 aromatic heterocycles. The molecule has 3 nitrogen and oxygen atoms in total. The van der Waals surface area contributed by atoms with Crippen LogP contribution in [0.4, 0.5) is 5.95 Å². The Morgan fingerprint density at radius 1 is 1.06 bits per heavy atom. The molecule has 16 heavy (non-hydrogen) atoms. The Morgan fingerprint density at radius 3 is 2.25 bits per heavy atom. The van der Waals surface area contributed by atoms with Crippen molar-refractivity contribution in [1.82, 2.24) is 9.55 Å². The van der Waals surface area contributed by atoms with Crippen molar-refractivity contribution in [2.24, 2.45) is 7.05 Å². The van der Waals surface area contributed by atoms with E-state index in [0.717, 1.165) is 5.69 Å². The number of hydrogen-bond donors (Lipinski definition) is 1. The van der Waals surface area contributed by atoms with Crippen molar-refractivity contribution in [1.29, 1.82) is 0 Å². The quantitative estimate of drug-likeness (QED) is 0.794. The molecule has 0 fully saturated rings. The fourth-order valence-corrected chi connectivity index (χ4v) is 1.91. The Labute approximate surface area is 95.9 Å². The van der Waals surface area contributed by atoms with Crippen molar-refractivity contribution in [2.45, 2.75) is 20.8 Å². The summed E-state index contributed by atoms with van der Waals surface area (Å²) in [5, 5.41) is 0. The van der Waals surface area contributed by atoms with Crippen LogP contribution in [0.15, 0.2) is 18.3 Å². The largest absolute Gasteiger partial charge is 0.369 e. The molecule has 0 saturated carbocycles. The minimum atomic E-state index is 0.549. The zero-order chi connectivity index (χ0) is 11.9. The van der Waals surface area contributed by atoms with Crippen LogP contribution in [0.2, 0.25) is 0 Å². The highest BCUT2D eigenvalue weighted by Gasteiger charge is 2.09. The SMILES string of the molecule is Cc1cc(C)c(-c2cnc(N)n2C)cc1C. The summed E-state index contributed by atoms with van der Waals surface area (Å²) in [5.41, 5.74) is 11.9. The van der Waals surface area contributed by atoms with E-state index in [1.54, 1.807) is 0 Å². The summed E-state index contributed by atoms with van der Waals surface area (Å²) in [6.45, 7) is 6.37. The molecule has 2 rings (SSSR count). The number of benzene rings is 1. The van der Waals surface area contributed by atoms with Crippen LogP contribution in [0, 0.1) is 20.8 Å². The van der Waals surface area contributed by atoms with E-state index < -0.39 is 0 Å². The highest BCUT2D eigenvalue weighted by molar-refractivity contribution is 5.66. The molecular formula is C13H17N3. The maximum atomic E-state index is 5.75. The lowest BCUT2D eigenvalue weighted by atomic mass is 9.99. The van der Waals surface area contributed by atoms with Gasteiger partial charge in [0.2, 0.25) is 0 Å². The van der Waals surface area contributed by atoms with E-state index in [0.29, 0.717) is 5.95 Å². The van der Waals surface area contributed by atoms with Crippen molar-refractivity contribution in [2.75, 3.05) is 5.73 Å². The molecule has 0 aliphatic rings. The second-order valence-corrected chi connectivity index (χ2v) is 4.31. The van der Waals surface area contributed by atoms with Crippen molar-refractivity contribution >= 4 is 5.95 Å². The Balaban J connectivity index is 2.65. The van der Waals surface area contributed by atoms with Crippen LogP contribution in [0.25, 0.3) is 11.3 Å². The van der Waals surface area contributed by atoms with Gasteiger partial charge in [0.25, 0.3) is 0 Å². The summed E-state index contributed by atoms with van der Waals surface area (Å²) < 4.78 is 1.91. The summed E-state index contributed by atoms with van der Waals surface area (Å²) in [5.74, 6) is 0.549. The third-order valence-corrected chi connectivity index (χ3v) is 3.14. The van der Waals surface area contributed by atoms with Crippen LogP contribution in [-0.2, 0) is 7.05 Å². The molecule has 3 heteroatoms. The first kappa shape index (κ1) is 10.7. The molecule has 0 spiro atoms. The molecule has 0 atom stereocenters. The summed E-state index contributed by atoms with van der Waals surface area (Å²) in [6, 6.07) is 4.40. The Morgan fingerprint density at radius 2 is 1.69 bits per heavy atom. The average molecular weight is 215 g/mol. The molecule has 0 unspecified atom stereocenters. The molecular weight excluding hydrogens is 198 g/mol. The molecule has 1 heterocycles. The van der Waals surface area contributed by atoms with Gasteiger partial charge < -0.3 is 10.3 Å². The number of hydrogen-bond acceptors (Lipinski definition) is 2. The summed E-state index contributed by atoms with van der Waals surface area (Å²) >= 11 is 0. The molecule has 2 aromatic rings. The monoisotopic (exact) mass is 215 g/mol.